The summed E-state index contributed by atoms with van der Waals surface area (Å²) >= 11 is 3.21. The summed E-state index contributed by atoms with van der Waals surface area (Å²) in [6.45, 7) is 1.49. The molecule has 23 heavy (non-hydrogen) atoms. The summed E-state index contributed by atoms with van der Waals surface area (Å²) in [5, 5.41) is 9.71. The van der Waals surface area contributed by atoms with Gasteiger partial charge < -0.3 is 14.6 Å². The molecule has 120 valence electrons. The molecule has 2 aromatic rings. The summed E-state index contributed by atoms with van der Waals surface area (Å²) in [6.07, 6.45) is -0.978. The van der Waals surface area contributed by atoms with Gasteiger partial charge in [-0.15, -0.1) is 0 Å². The zero-order chi connectivity index (χ0) is 17.0. The Hall–Kier alpha value is -2.34. The van der Waals surface area contributed by atoms with Crippen molar-refractivity contribution in [3.8, 4) is 11.5 Å². The van der Waals surface area contributed by atoms with E-state index in [-0.39, 0.29) is 17.1 Å². The third-order valence-electron chi connectivity index (χ3n) is 3.21. The van der Waals surface area contributed by atoms with Crippen LogP contribution in [0.2, 0.25) is 0 Å². The summed E-state index contributed by atoms with van der Waals surface area (Å²) in [6, 6.07) is 10.9. The Bertz CT molecular complexity index is 724. The first kappa shape index (κ1) is 17.0. The number of phenolic OH excluding ortho intramolecular Hbond substituents is 1. The smallest absolute Gasteiger partial charge is 0.342 e. The number of Topliss-reactive ketones (excluding diaryl/α,β-unsaturated/α-hetero) is 1. The fourth-order valence-corrected chi connectivity index (χ4v) is 2.30. The highest BCUT2D eigenvalue weighted by Gasteiger charge is 2.22. The topological polar surface area (TPSA) is 72.8 Å². The average Bonchev–Trinajstić information content (AvgIpc) is 2.56. The monoisotopic (exact) mass is 378 g/mol. The third-order valence-corrected chi connectivity index (χ3v) is 3.70. The number of carbonyl (C=O) groups is 2. The van der Waals surface area contributed by atoms with Crippen molar-refractivity contribution in [3.05, 3.63) is 58.1 Å². The number of hydrogen-bond acceptors (Lipinski definition) is 5. The van der Waals surface area contributed by atoms with Crippen LogP contribution in [0.4, 0.5) is 0 Å². The molecule has 0 aromatic heterocycles. The van der Waals surface area contributed by atoms with Gasteiger partial charge in [0.1, 0.15) is 17.1 Å². The third kappa shape index (κ3) is 4.10. The summed E-state index contributed by atoms with van der Waals surface area (Å²) in [5.74, 6) is -0.679. The number of ether oxygens (including phenoxy) is 2. The fourth-order valence-electron chi connectivity index (χ4n) is 1.94. The van der Waals surface area contributed by atoms with Gasteiger partial charge in [-0.2, -0.15) is 0 Å². The van der Waals surface area contributed by atoms with Crippen LogP contribution >= 0.6 is 15.9 Å². The Morgan fingerprint density at radius 1 is 1.13 bits per heavy atom. The molecule has 6 heteroatoms. The van der Waals surface area contributed by atoms with E-state index in [2.05, 4.69) is 15.9 Å². The minimum atomic E-state index is -0.978. The van der Waals surface area contributed by atoms with Crippen molar-refractivity contribution in [1.29, 1.82) is 0 Å². The average molecular weight is 379 g/mol. The molecule has 0 heterocycles. The number of rotatable bonds is 5. The second-order valence-electron chi connectivity index (χ2n) is 4.80. The maximum Gasteiger partial charge on any atom is 0.342 e. The van der Waals surface area contributed by atoms with E-state index in [4.69, 9.17) is 9.47 Å². The molecule has 2 aromatic carbocycles. The molecule has 5 nitrogen and oxygen atoms in total. The molecule has 0 aliphatic rings. The quantitative estimate of drug-likeness (QED) is 0.635. The number of methoxy groups -OCH3 is 1. The highest BCUT2D eigenvalue weighted by atomic mass is 79.9. The van der Waals surface area contributed by atoms with E-state index in [1.165, 1.54) is 26.2 Å². The van der Waals surface area contributed by atoms with Crippen LogP contribution < -0.4 is 4.74 Å². The predicted molar refractivity (Wildman–Crippen MR) is 88.0 cm³/mol. The first-order valence-electron chi connectivity index (χ1n) is 6.80. The van der Waals surface area contributed by atoms with Crippen LogP contribution in [0.3, 0.4) is 0 Å². The molecule has 0 fully saturated rings. The molecule has 1 N–H and O–H groups in total. The second-order valence-corrected chi connectivity index (χ2v) is 5.72. The van der Waals surface area contributed by atoms with Crippen LogP contribution in [0, 0.1) is 0 Å². The normalized spacial score (nSPS) is 11.6. The van der Waals surface area contributed by atoms with Gasteiger partial charge in [0.25, 0.3) is 0 Å². The van der Waals surface area contributed by atoms with Gasteiger partial charge in [-0.1, -0.05) is 15.9 Å². The van der Waals surface area contributed by atoms with Crippen LogP contribution in [0.1, 0.15) is 27.6 Å². The lowest BCUT2D eigenvalue weighted by molar-refractivity contribution is 0.0316. The van der Waals surface area contributed by atoms with E-state index >= 15 is 0 Å². The SMILES string of the molecule is COc1ccc(C(=O)[C@@H](C)OC(=O)c2cc(Br)ccc2O)cc1. The van der Waals surface area contributed by atoms with Crippen molar-refractivity contribution in [2.45, 2.75) is 13.0 Å². The molecule has 0 amide bonds. The number of hydrogen-bond donors (Lipinski definition) is 1. The van der Waals surface area contributed by atoms with E-state index < -0.39 is 12.1 Å². The van der Waals surface area contributed by atoms with Gasteiger partial charge in [-0.3, -0.25) is 4.79 Å². The number of benzene rings is 2. The summed E-state index contributed by atoms with van der Waals surface area (Å²) in [5.41, 5.74) is 0.401. The van der Waals surface area contributed by atoms with Gasteiger partial charge in [0.2, 0.25) is 5.78 Å². The van der Waals surface area contributed by atoms with E-state index in [9.17, 15) is 14.7 Å². The van der Waals surface area contributed by atoms with E-state index in [1.54, 1.807) is 30.3 Å². The number of esters is 1. The first-order chi connectivity index (χ1) is 10.9. The summed E-state index contributed by atoms with van der Waals surface area (Å²) < 4.78 is 10.8. The maximum absolute atomic E-state index is 12.3. The van der Waals surface area contributed by atoms with Crippen molar-refractivity contribution in [1.82, 2.24) is 0 Å². The number of aromatic hydroxyl groups is 1. The number of halogens is 1. The van der Waals surface area contributed by atoms with Gasteiger partial charge in [0.05, 0.1) is 7.11 Å². The number of carbonyl (C=O) groups excluding carboxylic acids is 2. The molecule has 0 unspecified atom stereocenters. The molecule has 0 spiro atoms. The van der Waals surface area contributed by atoms with Gasteiger partial charge >= 0.3 is 5.97 Å². The van der Waals surface area contributed by atoms with Crippen LogP contribution in [0.5, 0.6) is 11.5 Å². The van der Waals surface area contributed by atoms with Crippen molar-refractivity contribution in [2.24, 2.45) is 0 Å². The van der Waals surface area contributed by atoms with Crippen molar-refractivity contribution in [2.75, 3.05) is 7.11 Å². The molecular weight excluding hydrogens is 364 g/mol. The lowest BCUT2D eigenvalue weighted by atomic mass is 10.1. The van der Waals surface area contributed by atoms with Gasteiger partial charge in [0.15, 0.2) is 6.10 Å². The minimum Gasteiger partial charge on any atom is -0.507 e. The Kier molecular flexibility index (Phi) is 5.39. The zero-order valence-electron chi connectivity index (χ0n) is 12.6. The Balaban J connectivity index is 2.10. The first-order valence-corrected chi connectivity index (χ1v) is 7.59. The minimum absolute atomic E-state index is 0.00578. The van der Waals surface area contributed by atoms with Gasteiger partial charge in [0, 0.05) is 10.0 Å². The zero-order valence-corrected chi connectivity index (χ0v) is 14.2. The lowest BCUT2D eigenvalue weighted by Gasteiger charge is -2.13. The van der Waals surface area contributed by atoms with E-state index in [0.29, 0.717) is 15.8 Å². The number of ketones is 1. The Labute approximate surface area is 142 Å². The molecule has 2 rings (SSSR count). The van der Waals surface area contributed by atoms with Crippen molar-refractivity contribution < 1.29 is 24.2 Å². The molecule has 0 aliphatic heterocycles. The van der Waals surface area contributed by atoms with Crippen LogP contribution in [-0.2, 0) is 4.74 Å². The van der Waals surface area contributed by atoms with E-state index in [0.717, 1.165) is 0 Å². The van der Waals surface area contributed by atoms with Crippen LogP contribution in [0.15, 0.2) is 46.9 Å². The van der Waals surface area contributed by atoms with Crippen molar-refractivity contribution in [3.63, 3.8) is 0 Å². The highest BCUT2D eigenvalue weighted by molar-refractivity contribution is 9.10. The number of phenols is 1. The Morgan fingerprint density at radius 2 is 1.78 bits per heavy atom. The molecular formula is C17H15BrO5. The maximum atomic E-state index is 12.3. The largest absolute Gasteiger partial charge is 0.507 e. The lowest BCUT2D eigenvalue weighted by Crippen LogP contribution is -2.24. The van der Waals surface area contributed by atoms with Crippen LogP contribution in [0.25, 0.3) is 0 Å². The predicted octanol–water partition coefficient (Wildman–Crippen LogP) is 3.59. The molecule has 0 saturated heterocycles. The summed E-state index contributed by atoms with van der Waals surface area (Å²) in [4.78, 5) is 24.4. The molecule has 0 bridgehead atoms. The molecule has 1 atom stereocenters. The second kappa shape index (κ2) is 7.28. The van der Waals surface area contributed by atoms with Crippen molar-refractivity contribution >= 4 is 27.7 Å². The molecule has 0 aliphatic carbocycles. The fraction of sp³-hybridized carbons (Fsp3) is 0.176. The van der Waals surface area contributed by atoms with Gasteiger partial charge in [-0.05, 0) is 49.4 Å². The van der Waals surface area contributed by atoms with Crippen LogP contribution in [-0.4, -0.2) is 30.1 Å². The summed E-state index contributed by atoms with van der Waals surface area (Å²) in [7, 11) is 1.53. The van der Waals surface area contributed by atoms with Gasteiger partial charge in [-0.25, -0.2) is 4.79 Å². The molecule has 0 radical (unpaired) electrons. The van der Waals surface area contributed by atoms with E-state index in [1.807, 2.05) is 0 Å². The standard InChI is InChI=1S/C17H15BrO5/c1-10(16(20)11-3-6-13(22-2)7-4-11)23-17(21)14-9-12(18)5-8-15(14)19/h3-10,19H,1-2H3/t10-/m1/s1. The highest BCUT2D eigenvalue weighted by Crippen LogP contribution is 2.23. The Morgan fingerprint density at radius 3 is 2.39 bits per heavy atom. The molecule has 0 saturated carbocycles.